The van der Waals surface area contributed by atoms with Gasteiger partial charge >= 0.3 is 5.97 Å². The Morgan fingerprint density at radius 1 is 1.12 bits per heavy atom. The van der Waals surface area contributed by atoms with Crippen molar-refractivity contribution in [2.75, 3.05) is 19.0 Å². The highest BCUT2D eigenvalue weighted by atomic mass is 16.6. The first-order valence-electron chi connectivity index (χ1n) is 7.97. The van der Waals surface area contributed by atoms with Gasteiger partial charge in [0.05, 0.1) is 12.7 Å². The minimum atomic E-state index is -0.430. The molecule has 0 spiro atoms. The number of methoxy groups -OCH3 is 1. The SMILES string of the molecule is COC(=O)COc1c(C)cc(C2NC(=O)c3ccccc3N2)cc1C. The topological polar surface area (TPSA) is 76.7 Å². The molecule has 1 amide bonds. The van der Waals surface area contributed by atoms with Gasteiger partial charge in [-0.05, 0) is 54.8 Å². The van der Waals surface area contributed by atoms with E-state index in [0.717, 1.165) is 22.4 Å². The fourth-order valence-corrected chi connectivity index (χ4v) is 2.94. The Bertz CT molecular complexity index is 809. The van der Waals surface area contributed by atoms with E-state index in [0.29, 0.717) is 11.3 Å². The molecule has 6 heteroatoms. The van der Waals surface area contributed by atoms with Crippen LogP contribution in [0.3, 0.4) is 0 Å². The summed E-state index contributed by atoms with van der Waals surface area (Å²) < 4.78 is 10.2. The van der Waals surface area contributed by atoms with E-state index in [9.17, 15) is 9.59 Å². The summed E-state index contributed by atoms with van der Waals surface area (Å²) in [6.45, 7) is 3.67. The Kier molecular flexibility index (Phi) is 4.61. The molecule has 0 aromatic heterocycles. The molecule has 2 aromatic rings. The largest absolute Gasteiger partial charge is 0.481 e. The zero-order chi connectivity index (χ0) is 18.0. The number of amides is 1. The standard InChI is InChI=1S/C19H20N2O4/c1-11-8-13(9-12(2)17(11)25-10-16(22)24-3)18-20-15-7-5-4-6-14(15)19(23)21-18/h4-9,18,20H,10H2,1-3H3,(H,21,23). The molecule has 0 saturated carbocycles. The molecular weight excluding hydrogens is 320 g/mol. The van der Waals surface area contributed by atoms with Crippen LogP contribution in [0.15, 0.2) is 36.4 Å². The lowest BCUT2D eigenvalue weighted by atomic mass is 10.0. The summed E-state index contributed by atoms with van der Waals surface area (Å²) in [6.07, 6.45) is -0.325. The van der Waals surface area contributed by atoms with Crippen LogP contribution in [-0.2, 0) is 9.53 Å². The molecule has 0 aliphatic carbocycles. The van der Waals surface area contributed by atoms with Crippen molar-refractivity contribution < 1.29 is 19.1 Å². The van der Waals surface area contributed by atoms with E-state index in [1.54, 1.807) is 6.07 Å². The highest BCUT2D eigenvalue weighted by Crippen LogP contribution is 2.31. The first kappa shape index (κ1) is 16.8. The lowest BCUT2D eigenvalue weighted by Gasteiger charge is -2.29. The number of hydrogen-bond donors (Lipinski definition) is 2. The Balaban J connectivity index is 1.85. The second-order valence-corrected chi connectivity index (χ2v) is 5.95. The van der Waals surface area contributed by atoms with Crippen molar-refractivity contribution in [2.45, 2.75) is 20.0 Å². The van der Waals surface area contributed by atoms with Crippen molar-refractivity contribution in [1.29, 1.82) is 0 Å². The van der Waals surface area contributed by atoms with Gasteiger partial charge in [0.25, 0.3) is 5.91 Å². The smallest absolute Gasteiger partial charge is 0.343 e. The number of esters is 1. The molecule has 2 aromatic carbocycles. The first-order chi connectivity index (χ1) is 12.0. The fourth-order valence-electron chi connectivity index (χ4n) is 2.94. The number of hydrogen-bond acceptors (Lipinski definition) is 5. The minimum absolute atomic E-state index is 0.110. The van der Waals surface area contributed by atoms with Gasteiger partial charge in [0.1, 0.15) is 11.9 Å². The highest BCUT2D eigenvalue weighted by Gasteiger charge is 2.25. The number of fused-ring (bicyclic) bond motifs is 1. The lowest BCUT2D eigenvalue weighted by Crippen LogP contribution is -2.38. The van der Waals surface area contributed by atoms with Crippen LogP contribution in [0.25, 0.3) is 0 Å². The molecule has 0 bridgehead atoms. The molecule has 1 aliphatic heterocycles. The number of ether oxygens (including phenoxy) is 2. The quantitative estimate of drug-likeness (QED) is 0.837. The van der Waals surface area contributed by atoms with E-state index < -0.39 is 5.97 Å². The van der Waals surface area contributed by atoms with Crippen LogP contribution in [-0.4, -0.2) is 25.6 Å². The number of aryl methyl sites for hydroxylation is 2. The van der Waals surface area contributed by atoms with Crippen LogP contribution >= 0.6 is 0 Å². The third-order valence-electron chi connectivity index (χ3n) is 4.12. The van der Waals surface area contributed by atoms with Gasteiger partial charge in [-0.3, -0.25) is 4.79 Å². The summed E-state index contributed by atoms with van der Waals surface area (Å²) in [5, 5.41) is 6.29. The molecule has 0 radical (unpaired) electrons. The molecule has 1 atom stereocenters. The third-order valence-corrected chi connectivity index (χ3v) is 4.12. The van der Waals surface area contributed by atoms with Gasteiger partial charge in [-0.1, -0.05) is 12.1 Å². The fraction of sp³-hybridized carbons (Fsp3) is 0.263. The van der Waals surface area contributed by atoms with Crippen molar-refractivity contribution in [3.63, 3.8) is 0 Å². The molecule has 3 rings (SSSR count). The average molecular weight is 340 g/mol. The predicted octanol–water partition coefficient (Wildman–Crippen LogP) is 2.71. The van der Waals surface area contributed by atoms with E-state index in [2.05, 4.69) is 15.4 Å². The maximum Gasteiger partial charge on any atom is 0.343 e. The molecule has 130 valence electrons. The molecule has 25 heavy (non-hydrogen) atoms. The number of rotatable bonds is 4. The normalized spacial score (nSPS) is 15.6. The summed E-state index contributed by atoms with van der Waals surface area (Å²) in [7, 11) is 1.32. The molecule has 0 saturated heterocycles. The van der Waals surface area contributed by atoms with Crippen LogP contribution < -0.4 is 15.4 Å². The molecule has 1 aliphatic rings. The van der Waals surface area contributed by atoms with Crippen molar-refractivity contribution in [3.8, 4) is 5.75 Å². The van der Waals surface area contributed by atoms with Crippen LogP contribution in [0.1, 0.15) is 33.2 Å². The van der Waals surface area contributed by atoms with Crippen molar-refractivity contribution in [3.05, 3.63) is 58.7 Å². The van der Waals surface area contributed by atoms with Gasteiger partial charge in [-0.2, -0.15) is 0 Å². The van der Waals surface area contributed by atoms with E-state index in [-0.39, 0.29) is 18.7 Å². The van der Waals surface area contributed by atoms with Crippen molar-refractivity contribution >= 4 is 17.6 Å². The molecular formula is C19H20N2O4. The number of carbonyl (C=O) groups excluding carboxylic acids is 2. The molecule has 1 unspecified atom stereocenters. The summed E-state index contributed by atoms with van der Waals surface area (Å²) in [5.74, 6) is 0.109. The number of benzene rings is 2. The second-order valence-electron chi connectivity index (χ2n) is 5.95. The van der Waals surface area contributed by atoms with Gasteiger partial charge in [0.2, 0.25) is 0 Å². The Hall–Kier alpha value is -3.02. The maximum atomic E-state index is 12.3. The average Bonchev–Trinajstić information content (AvgIpc) is 2.60. The minimum Gasteiger partial charge on any atom is -0.481 e. The van der Waals surface area contributed by atoms with Crippen molar-refractivity contribution in [1.82, 2.24) is 5.32 Å². The van der Waals surface area contributed by atoms with E-state index in [1.165, 1.54) is 7.11 Å². The lowest BCUT2D eigenvalue weighted by molar-refractivity contribution is -0.142. The Morgan fingerprint density at radius 2 is 1.80 bits per heavy atom. The summed E-state index contributed by atoms with van der Waals surface area (Å²) in [4.78, 5) is 23.6. The Morgan fingerprint density at radius 3 is 2.48 bits per heavy atom. The molecule has 6 nitrogen and oxygen atoms in total. The second kappa shape index (κ2) is 6.84. The highest BCUT2D eigenvalue weighted by molar-refractivity contribution is 6.01. The van der Waals surface area contributed by atoms with E-state index >= 15 is 0 Å². The number of anilines is 1. The molecule has 1 heterocycles. The first-order valence-corrected chi connectivity index (χ1v) is 7.97. The van der Waals surface area contributed by atoms with Crippen LogP contribution in [0, 0.1) is 13.8 Å². The van der Waals surface area contributed by atoms with Gasteiger partial charge in [0, 0.05) is 5.69 Å². The molecule has 2 N–H and O–H groups in total. The predicted molar refractivity (Wildman–Crippen MR) is 93.7 cm³/mol. The van der Waals surface area contributed by atoms with E-state index in [1.807, 2.05) is 44.2 Å². The zero-order valence-electron chi connectivity index (χ0n) is 14.4. The number of para-hydroxylation sites is 1. The summed E-state index contributed by atoms with van der Waals surface area (Å²) in [5.41, 5.74) is 4.12. The van der Waals surface area contributed by atoms with Crippen molar-refractivity contribution in [2.24, 2.45) is 0 Å². The zero-order valence-corrected chi connectivity index (χ0v) is 14.4. The van der Waals surface area contributed by atoms with Gasteiger partial charge in [-0.25, -0.2) is 4.79 Å². The van der Waals surface area contributed by atoms with Gasteiger partial charge in [-0.15, -0.1) is 0 Å². The summed E-state index contributed by atoms with van der Waals surface area (Å²) in [6, 6.07) is 11.3. The third kappa shape index (κ3) is 3.42. The Labute approximate surface area is 146 Å². The van der Waals surface area contributed by atoms with Crippen LogP contribution in [0.4, 0.5) is 5.69 Å². The number of nitrogens with one attached hydrogen (secondary N) is 2. The van der Waals surface area contributed by atoms with Crippen LogP contribution in [0.5, 0.6) is 5.75 Å². The van der Waals surface area contributed by atoms with Gasteiger partial charge in [0.15, 0.2) is 6.61 Å². The number of carbonyl (C=O) groups is 2. The van der Waals surface area contributed by atoms with E-state index in [4.69, 9.17) is 4.74 Å². The maximum absolute atomic E-state index is 12.3. The monoisotopic (exact) mass is 340 g/mol. The van der Waals surface area contributed by atoms with Crippen LogP contribution in [0.2, 0.25) is 0 Å². The molecule has 0 fully saturated rings. The summed E-state index contributed by atoms with van der Waals surface area (Å²) >= 11 is 0. The van der Waals surface area contributed by atoms with Gasteiger partial charge < -0.3 is 20.1 Å².